The Bertz CT molecular complexity index is 602. The van der Waals surface area contributed by atoms with E-state index >= 15 is 0 Å². The van der Waals surface area contributed by atoms with E-state index < -0.39 is 0 Å². The van der Waals surface area contributed by atoms with Crippen molar-refractivity contribution in [3.05, 3.63) is 58.1 Å². The molecule has 18 heavy (non-hydrogen) atoms. The Morgan fingerprint density at radius 2 is 2.00 bits per heavy atom. The second-order valence-corrected chi connectivity index (χ2v) is 4.71. The van der Waals surface area contributed by atoms with Gasteiger partial charge in [0.05, 0.1) is 11.6 Å². The first-order valence-corrected chi connectivity index (χ1v) is 6.27. The Morgan fingerprint density at radius 3 is 2.67 bits per heavy atom. The van der Waals surface area contributed by atoms with E-state index in [1.165, 1.54) is 0 Å². The maximum atomic E-state index is 8.79. The Hall–Kier alpha value is -1.99. The summed E-state index contributed by atoms with van der Waals surface area (Å²) < 4.78 is 0.871. The van der Waals surface area contributed by atoms with E-state index in [1.807, 2.05) is 30.3 Å². The second-order valence-electron chi connectivity index (χ2n) is 3.86. The molecular weight excluding hydrogens is 290 g/mol. The van der Waals surface area contributed by atoms with Gasteiger partial charge in [0.2, 0.25) is 0 Å². The zero-order valence-electron chi connectivity index (χ0n) is 9.65. The number of nitriles is 1. The van der Waals surface area contributed by atoms with Gasteiger partial charge in [0.1, 0.15) is 0 Å². The minimum absolute atomic E-state index is 0.631. The standard InChI is InChI=1S/C14H12BrN3/c15-12-7-10(8-16)5-6-14(12)18-9-11-3-1-2-4-13(11)17/h1-7,18H,9,17H2. The minimum Gasteiger partial charge on any atom is -0.398 e. The second kappa shape index (κ2) is 5.56. The van der Waals surface area contributed by atoms with Gasteiger partial charge in [-0.2, -0.15) is 5.26 Å². The third kappa shape index (κ3) is 2.82. The summed E-state index contributed by atoms with van der Waals surface area (Å²) in [5.41, 5.74) is 9.27. The lowest BCUT2D eigenvalue weighted by Crippen LogP contribution is -2.03. The highest BCUT2D eigenvalue weighted by molar-refractivity contribution is 9.10. The van der Waals surface area contributed by atoms with E-state index in [0.717, 1.165) is 21.4 Å². The first kappa shape index (κ1) is 12.5. The van der Waals surface area contributed by atoms with Crippen LogP contribution in [0.4, 0.5) is 11.4 Å². The van der Waals surface area contributed by atoms with Crippen molar-refractivity contribution in [3.8, 4) is 6.07 Å². The predicted octanol–water partition coefficient (Wildman–Crippen LogP) is 3.52. The molecule has 0 heterocycles. The van der Waals surface area contributed by atoms with Gasteiger partial charge in [-0.1, -0.05) is 18.2 Å². The van der Waals surface area contributed by atoms with Crippen LogP contribution in [0, 0.1) is 11.3 Å². The molecular formula is C14H12BrN3. The number of anilines is 2. The van der Waals surface area contributed by atoms with Crippen molar-refractivity contribution >= 4 is 27.3 Å². The van der Waals surface area contributed by atoms with Crippen molar-refractivity contribution in [2.75, 3.05) is 11.1 Å². The number of hydrogen-bond acceptors (Lipinski definition) is 3. The summed E-state index contributed by atoms with van der Waals surface area (Å²) in [6.45, 7) is 0.650. The van der Waals surface area contributed by atoms with Crippen molar-refractivity contribution in [2.24, 2.45) is 0 Å². The van der Waals surface area contributed by atoms with Gasteiger partial charge in [0.25, 0.3) is 0 Å². The van der Waals surface area contributed by atoms with Crippen molar-refractivity contribution in [2.45, 2.75) is 6.54 Å². The first-order valence-electron chi connectivity index (χ1n) is 5.47. The molecule has 0 atom stereocenters. The number of hydrogen-bond donors (Lipinski definition) is 2. The molecule has 0 saturated carbocycles. The normalized spacial score (nSPS) is 9.78. The molecule has 0 aliphatic carbocycles. The van der Waals surface area contributed by atoms with Crippen molar-refractivity contribution in [3.63, 3.8) is 0 Å². The molecule has 0 radical (unpaired) electrons. The van der Waals surface area contributed by atoms with Gasteiger partial charge in [0.15, 0.2) is 0 Å². The maximum absolute atomic E-state index is 8.79. The van der Waals surface area contributed by atoms with Crippen molar-refractivity contribution < 1.29 is 0 Å². The number of benzene rings is 2. The molecule has 3 nitrogen and oxygen atoms in total. The van der Waals surface area contributed by atoms with Crippen LogP contribution >= 0.6 is 15.9 Å². The van der Waals surface area contributed by atoms with Crippen LogP contribution in [0.1, 0.15) is 11.1 Å². The molecule has 0 aromatic heterocycles. The Labute approximate surface area is 114 Å². The van der Waals surface area contributed by atoms with Gasteiger partial charge in [0, 0.05) is 22.4 Å². The highest BCUT2D eigenvalue weighted by Crippen LogP contribution is 2.24. The van der Waals surface area contributed by atoms with Gasteiger partial charge in [-0.05, 0) is 45.8 Å². The molecule has 2 aromatic carbocycles. The summed E-state index contributed by atoms with van der Waals surface area (Å²) in [6, 6.07) is 15.3. The molecule has 2 rings (SSSR count). The summed E-state index contributed by atoms with van der Waals surface area (Å²) >= 11 is 3.44. The maximum Gasteiger partial charge on any atom is 0.0992 e. The molecule has 90 valence electrons. The molecule has 0 amide bonds. The Balaban J connectivity index is 2.12. The summed E-state index contributed by atoms with van der Waals surface area (Å²) in [7, 11) is 0. The molecule has 0 saturated heterocycles. The Kier molecular flexibility index (Phi) is 3.85. The zero-order chi connectivity index (χ0) is 13.0. The van der Waals surface area contributed by atoms with Gasteiger partial charge in [-0.3, -0.25) is 0 Å². The lowest BCUT2D eigenvalue weighted by molar-refractivity contribution is 1.15. The molecule has 0 aliphatic rings. The van der Waals surface area contributed by atoms with Gasteiger partial charge in [-0.25, -0.2) is 0 Å². The quantitative estimate of drug-likeness (QED) is 0.853. The molecule has 0 unspecified atom stereocenters. The largest absolute Gasteiger partial charge is 0.398 e. The van der Waals surface area contributed by atoms with Gasteiger partial charge >= 0.3 is 0 Å². The van der Waals surface area contributed by atoms with E-state index in [4.69, 9.17) is 11.0 Å². The average molecular weight is 302 g/mol. The smallest absolute Gasteiger partial charge is 0.0992 e. The highest BCUT2D eigenvalue weighted by Gasteiger charge is 2.02. The van der Waals surface area contributed by atoms with E-state index in [1.54, 1.807) is 12.1 Å². The molecule has 0 aliphatic heterocycles. The number of rotatable bonds is 3. The van der Waals surface area contributed by atoms with Crippen LogP contribution in [0.5, 0.6) is 0 Å². The molecule has 0 spiro atoms. The van der Waals surface area contributed by atoms with E-state index in [2.05, 4.69) is 27.3 Å². The lowest BCUT2D eigenvalue weighted by atomic mass is 10.1. The first-order chi connectivity index (χ1) is 8.70. The average Bonchev–Trinajstić information content (AvgIpc) is 2.39. The third-order valence-corrected chi connectivity index (χ3v) is 3.28. The number of nitrogens with zero attached hydrogens (tertiary/aromatic N) is 1. The fourth-order valence-electron chi connectivity index (χ4n) is 1.61. The van der Waals surface area contributed by atoms with Crippen molar-refractivity contribution in [1.82, 2.24) is 0 Å². The molecule has 0 bridgehead atoms. The number of nitrogens with one attached hydrogen (secondary N) is 1. The van der Waals surface area contributed by atoms with Crippen LogP contribution in [0.2, 0.25) is 0 Å². The van der Waals surface area contributed by atoms with Gasteiger partial charge < -0.3 is 11.1 Å². The number of halogens is 1. The molecule has 4 heteroatoms. The van der Waals surface area contributed by atoms with Gasteiger partial charge in [-0.15, -0.1) is 0 Å². The summed E-state index contributed by atoms with van der Waals surface area (Å²) in [6.07, 6.45) is 0. The third-order valence-electron chi connectivity index (χ3n) is 2.62. The summed E-state index contributed by atoms with van der Waals surface area (Å²) in [5.74, 6) is 0. The highest BCUT2D eigenvalue weighted by atomic mass is 79.9. The summed E-state index contributed by atoms with van der Waals surface area (Å²) in [4.78, 5) is 0. The Morgan fingerprint density at radius 1 is 1.22 bits per heavy atom. The fourth-order valence-corrected chi connectivity index (χ4v) is 2.13. The van der Waals surface area contributed by atoms with Crippen LogP contribution in [-0.2, 0) is 6.54 Å². The zero-order valence-corrected chi connectivity index (χ0v) is 11.2. The molecule has 3 N–H and O–H groups in total. The van der Waals surface area contributed by atoms with E-state index in [0.29, 0.717) is 12.1 Å². The van der Waals surface area contributed by atoms with Crippen LogP contribution < -0.4 is 11.1 Å². The van der Waals surface area contributed by atoms with Crippen LogP contribution in [0.15, 0.2) is 46.9 Å². The van der Waals surface area contributed by atoms with E-state index in [9.17, 15) is 0 Å². The minimum atomic E-state index is 0.631. The summed E-state index contributed by atoms with van der Waals surface area (Å²) in [5, 5.41) is 12.1. The SMILES string of the molecule is N#Cc1ccc(NCc2ccccc2N)c(Br)c1. The van der Waals surface area contributed by atoms with Crippen LogP contribution in [-0.4, -0.2) is 0 Å². The number of nitrogens with two attached hydrogens (primary N) is 1. The predicted molar refractivity (Wildman–Crippen MR) is 77.0 cm³/mol. The van der Waals surface area contributed by atoms with Crippen molar-refractivity contribution in [1.29, 1.82) is 5.26 Å². The monoisotopic (exact) mass is 301 g/mol. The topological polar surface area (TPSA) is 61.8 Å². The molecule has 2 aromatic rings. The van der Waals surface area contributed by atoms with Crippen LogP contribution in [0.25, 0.3) is 0 Å². The van der Waals surface area contributed by atoms with E-state index in [-0.39, 0.29) is 0 Å². The fraction of sp³-hybridized carbons (Fsp3) is 0.0714. The number of nitrogen functional groups attached to an aromatic ring is 1. The lowest BCUT2D eigenvalue weighted by Gasteiger charge is -2.10. The number of para-hydroxylation sites is 1. The molecule has 0 fully saturated rings. The van der Waals surface area contributed by atoms with Crippen LogP contribution in [0.3, 0.4) is 0 Å².